The Morgan fingerprint density at radius 1 is 0.283 bits per heavy atom. The minimum atomic E-state index is 0.313. The van der Waals surface area contributed by atoms with E-state index < -0.39 is 0 Å². The Labute approximate surface area is 315 Å². The van der Waals surface area contributed by atoms with E-state index in [-0.39, 0.29) is 0 Å². The summed E-state index contributed by atoms with van der Waals surface area (Å²) in [6.07, 6.45) is 33.7. The molecule has 4 aliphatic heterocycles. The first-order valence-electron chi connectivity index (χ1n) is 20.5. The topological polar surface area (TPSA) is 0 Å². The molecule has 0 aromatic heterocycles. The first kappa shape index (κ1) is 42.5. The molecular formula is C40H76S6. The zero-order valence-corrected chi connectivity index (χ0v) is 36.6. The maximum atomic E-state index is 2.57. The third-order valence-corrected chi connectivity index (χ3v) is 24.7. The Morgan fingerprint density at radius 2 is 0.478 bits per heavy atom. The van der Waals surface area contributed by atoms with E-state index in [1.165, 1.54) is 154 Å². The van der Waals surface area contributed by atoms with Gasteiger partial charge in [0.1, 0.15) is 13.6 Å². The Hall–Kier alpha value is 2.10. The van der Waals surface area contributed by atoms with Crippen molar-refractivity contribution in [1.29, 1.82) is 0 Å². The number of rotatable bonds is 28. The molecule has 0 radical (unpaired) electrons. The number of hydrogen-bond donors (Lipinski definition) is 0. The Balaban J connectivity index is 2.12. The molecule has 272 valence electrons. The van der Waals surface area contributed by atoms with Crippen LogP contribution in [-0.2, 0) is 0 Å². The maximum Gasteiger partial charge on any atom is 0.116 e. The van der Waals surface area contributed by atoms with Gasteiger partial charge in [0.25, 0.3) is 0 Å². The average molecular weight is 749 g/mol. The van der Waals surface area contributed by atoms with E-state index in [0.29, 0.717) is 13.6 Å². The van der Waals surface area contributed by atoms with Crippen LogP contribution in [0.15, 0.2) is 0 Å². The highest BCUT2D eigenvalue weighted by molar-refractivity contribution is 8.64. The zero-order chi connectivity index (χ0) is 33.5. The summed E-state index contributed by atoms with van der Waals surface area (Å²) in [5, 5.41) is 0. The smallest absolute Gasteiger partial charge is 0.104 e. The van der Waals surface area contributed by atoms with Crippen LogP contribution >= 0.6 is 70.6 Å². The van der Waals surface area contributed by atoms with Gasteiger partial charge in [0.2, 0.25) is 0 Å². The predicted octanol–water partition coefficient (Wildman–Crippen LogP) is 17.0. The molecule has 0 N–H and O–H groups in total. The van der Waals surface area contributed by atoms with Crippen LogP contribution in [0.1, 0.15) is 209 Å². The Morgan fingerprint density at radius 3 is 0.630 bits per heavy atom. The molecule has 4 fully saturated rings. The number of thioether (sulfide) groups is 6. The molecule has 0 saturated carbocycles. The highest BCUT2D eigenvalue weighted by atomic mass is 32.4. The second-order valence-electron chi connectivity index (χ2n) is 14.8. The minimum absolute atomic E-state index is 0.313. The second kappa shape index (κ2) is 21.6. The maximum absolute atomic E-state index is 2.57. The SMILES string of the molecule is CCCCCCC(CC)C12SC3(C(CC)CCCCCC)SC(C(CC)CCCCCC)(S1)SC(C(CC)CCCCCC)(S2)S3. The van der Waals surface area contributed by atoms with E-state index in [2.05, 4.69) is 126 Å². The van der Waals surface area contributed by atoms with Crippen molar-refractivity contribution >= 4 is 70.6 Å². The summed E-state index contributed by atoms with van der Waals surface area (Å²) in [4.78, 5) is 0. The molecule has 0 aromatic carbocycles. The Kier molecular flexibility index (Phi) is 19.9. The van der Waals surface area contributed by atoms with Crippen LogP contribution in [0.25, 0.3) is 0 Å². The van der Waals surface area contributed by atoms with E-state index in [1.807, 2.05) is 0 Å². The van der Waals surface area contributed by atoms with Gasteiger partial charge in [-0.3, -0.25) is 0 Å². The van der Waals surface area contributed by atoms with Crippen molar-refractivity contribution in [2.45, 2.75) is 223 Å². The fraction of sp³-hybridized carbons (Fsp3) is 1.00. The van der Waals surface area contributed by atoms with Gasteiger partial charge in [-0.25, -0.2) is 0 Å². The van der Waals surface area contributed by atoms with E-state index >= 15 is 0 Å². The first-order chi connectivity index (χ1) is 22.3. The number of hydrogen-bond acceptors (Lipinski definition) is 6. The van der Waals surface area contributed by atoms with Gasteiger partial charge in [-0.05, 0) is 49.4 Å². The van der Waals surface area contributed by atoms with E-state index in [1.54, 1.807) is 0 Å². The third kappa shape index (κ3) is 10.6. The van der Waals surface area contributed by atoms with Gasteiger partial charge >= 0.3 is 0 Å². The van der Waals surface area contributed by atoms with Gasteiger partial charge in [0.15, 0.2) is 0 Å². The molecule has 4 atom stereocenters. The van der Waals surface area contributed by atoms with Crippen LogP contribution in [0.2, 0.25) is 0 Å². The van der Waals surface area contributed by atoms with Gasteiger partial charge in [-0.15, -0.1) is 70.6 Å². The van der Waals surface area contributed by atoms with Crippen LogP contribution < -0.4 is 0 Å². The summed E-state index contributed by atoms with van der Waals surface area (Å²) in [7, 11) is 0. The lowest BCUT2D eigenvalue weighted by Crippen LogP contribution is -2.61. The Bertz CT molecular complexity index is 650. The molecule has 6 heteroatoms. The largest absolute Gasteiger partial charge is 0.116 e. The van der Waals surface area contributed by atoms with Crippen molar-refractivity contribution in [2.75, 3.05) is 0 Å². The van der Waals surface area contributed by atoms with E-state index in [9.17, 15) is 0 Å². The van der Waals surface area contributed by atoms with Gasteiger partial charge in [0, 0.05) is 0 Å². The van der Waals surface area contributed by atoms with Crippen molar-refractivity contribution < 1.29 is 0 Å². The molecule has 4 unspecified atom stereocenters. The standard InChI is InChI=1S/C40H76S6/c1-9-17-21-25-29-33(13-5)37-41-38(34(14-6)30-26-22-18-10-2)44-39(42-37,35(15-7)31-27-23-19-11-3)46-40(43-37,45-38)36(16-8)32-28-24-20-12-4/h33-36H,9-32H2,1-8H3. The van der Waals surface area contributed by atoms with Crippen LogP contribution in [-0.4, -0.2) is 13.6 Å². The first-order valence-corrected chi connectivity index (χ1v) is 25.4. The van der Waals surface area contributed by atoms with Crippen LogP contribution in [0.4, 0.5) is 0 Å². The average Bonchev–Trinajstić information content (AvgIpc) is 3.04. The van der Waals surface area contributed by atoms with Crippen molar-refractivity contribution in [3.8, 4) is 0 Å². The molecule has 0 nitrogen and oxygen atoms in total. The summed E-state index contributed by atoms with van der Waals surface area (Å²) in [5.41, 5.74) is 0. The van der Waals surface area contributed by atoms with E-state index in [0.717, 1.165) is 23.7 Å². The summed E-state index contributed by atoms with van der Waals surface area (Å²) < 4.78 is 1.25. The molecule has 4 aliphatic rings. The fourth-order valence-electron chi connectivity index (χ4n) is 8.23. The lowest BCUT2D eigenvalue weighted by atomic mass is 9.98. The molecule has 4 heterocycles. The monoisotopic (exact) mass is 748 g/mol. The zero-order valence-electron chi connectivity index (χ0n) is 31.7. The highest BCUT2D eigenvalue weighted by Gasteiger charge is 2.76. The number of unbranched alkanes of at least 4 members (excludes halogenated alkanes) is 12. The summed E-state index contributed by atoms with van der Waals surface area (Å²) in [6, 6.07) is 0. The molecule has 0 amide bonds. The molecule has 0 aliphatic carbocycles. The molecule has 4 bridgehead atoms. The third-order valence-electron chi connectivity index (χ3n) is 11.3. The van der Waals surface area contributed by atoms with Crippen LogP contribution in [0.3, 0.4) is 0 Å². The van der Waals surface area contributed by atoms with Gasteiger partial charge in [-0.1, -0.05) is 184 Å². The lowest BCUT2D eigenvalue weighted by molar-refractivity contribution is 0.412. The highest BCUT2D eigenvalue weighted by Crippen LogP contribution is 2.93. The molecule has 0 aromatic rings. The predicted molar refractivity (Wildman–Crippen MR) is 227 cm³/mol. The van der Waals surface area contributed by atoms with Crippen molar-refractivity contribution in [3.63, 3.8) is 0 Å². The van der Waals surface area contributed by atoms with Crippen molar-refractivity contribution in [2.24, 2.45) is 23.7 Å². The van der Waals surface area contributed by atoms with Crippen molar-refractivity contribution in [3.05, 3.63) is 0 Å². The van der Waals surface area contributed by atoms with Crippen LogP contribution in [0, 0.1) is 23.7 Å². The van der Waals surface area contributed by atoms with Crippen molar-refractivity contribution in [1.82, 2.24) is 0 Å². The van der Waals surface area contributed by atoms with Gasteiger partial charge in [-0.2, -0.15) is 0 Å². The van der Waals surface area contributed by atoms with E-state index in [4.69, 9.17) is 0 Å². The molecule has 4 saturated heterocycles. The van der Waals surface area contributed by atoms with Gasteiger partial charge in [0.05, 0.1) is 0 Å². The summed E-state index contributed by atoms with van der Waals surface area (Å²) >= 11 is 15.3. The second-order valence-corrected chi connectivity index (χ2v) is 26.9. The van der Waals surface area contributed by atoms with Crippen LogP contribution in [0.5, 0.6) is 0 Å². The summed E-state index contributed by atoms with van der Waals surface area (Å²) in [6.45, 7) is 19.8. The summed E-state index contributed by atoms with van der Waals surface area (Å²) in [5.74, 6) is 3.27. The molecule has 46 heavy (non-hydrogen) atoms. The van der Waals surface area contributed by atoms with Gasteiger partial charge < -0.3 is 0 Å². The minimum Gasteiger partial charge on any atom is -0.104 e. The molecular weight excluding hydrogens is 673 g/mol. The molecule has 0 spiro atoms. The quantitative estimate of drug-likeness (QED) is 0.0726. The fourth-order valence-corrected chi connectivity index (χ4v) is 31.3. The normalized spacial score (nSPS) is 31.3. The lowest BCUT2D eigenvalue weighted by Gasteiger charge is -2.72. The molecule has 4 rings (SSSR count).